The van der Waals surface area contributed by atoms with Gasteiger partial charge in [0.05, 0.1) is 0 Å². The Morgan fingerprint density at radius 3 is 2.35 bits per heavy atom. The molecular weight excluding hydrogens is 204 g/mol. The van der Waals surface area contributed by atoms with Gasteiger partial charge < -0.3 is 0 Å². The molecule has 0 radical (unpaired) electrons. The van der Waals surface area contributed by atoms with Crippen LogP contribution in [0.1, 0.15) is 30.0 Å². The molecule has 0 amide bonds. The molecule has 0 aromatic heterocycles. The lowest BCUT2D eigenvalue weighted by atomic mass is 9.93. The van der Waals surface area contributed by atoms with Crippen molar-refractivity contribution in [3.05, 3.63) is 59.2 Å². The molecule has 0 saturated carbocycles. The first-order valence-corrected chi connectivity index (χ1v) is 6.38. The van der Waals surface area contributed by atoms with Crippen molar-refractivity contribution < 1.29 is 0 Å². The lowest BCUT2D eigenvalue weighted by molar-refractivity contribution is 0.922. The number of benzene rings is 2. The Kier molecular flexibility index (Phi) is 3.63. The number of hydrogen-bond donors (Lipinski definition) is 0. The van der Waals surface area contributed by atoms with Gasteiger partial charge in [0.15, 0.2) is 0 Å². The monoisotopic (exact) mass is 224 g/mol. The minimum atomic E-state index is 1.16. The molecule has 0 heterocycles. The summed E-state index contributed by atoms with van der Waals surface area (Å²) in [5.41, 5.74) is 6.95. The molecule has 17 heavy (non-hydrogen) atoms. The van der Waals surface area contributed by atoms with E-state index in [2.05, 4.69) is 63.2 Å². The molecule has 0 N–H and O–H groups in total. The lowest BCUT2D eigenvalue weighted by Gasteiger charge is -2.12. The van der Waals surface area contributed by atoms with Crippen LogP contribution >= 0.6 is 0 Å². The summed E-state index contributed by atoms with van der Waals surface area (Å²) in [4.78, 5) is 0. The molecule has 0 nitrogen and oxygen atoms in total. The second-order valence-corrected chi connectivity index (χ2v) is 4.73. The third-order valence-corrected chi connectivity index (χ3v) is 3.22. The maximum atomic E-state index is 2.32. The van der Waals surface area contributed by atoms with Crippen LogP contribution in [-0.2, 0) is 6.42 Å². The third kappa shape index (κ3) is 2.58. The van der Waals surface area contributed by atoms with Crippen molar-refractivity contribution >= 4 is 0 Å². The van der Waals surface area contributed by atoms with Crippen LogP contribution in [0, 0.1) is 13.8 Å². The van der Waals surface area contributed by atoms with Crippen LogP contribution in [0.15, 0.2) is 42.5 Å². The topological polar surface area (TPSA) is 0 Å². The Morgan fingerprint density at radius 1 is 0.882 bits per heavy atom. The molecule has 2 aromatic carbocycles. The first-order valence-electron chi connectivity index (χ1n) is 6.38. The van der Waals surface area contributed by atoms with Crippen molar-refractivity contribution in [1.82, 2.24) is 0 Å². The molecule has 0 aliphatic carbocycles. The summed E-state index contributed by atoms with van der Waals surface area (Å²) in [6, 6.07) is 15.4. The zero-order valence-electron chi connectivity index (χ0n) is 11.0. The molecule has 0 saturated heterocycles. The Bertz CT molecular complexity index is 509. The SMILES string of the molecule is CCCc1cc(C)ccc1-c1ccccc1C. The van der Waals surface area contributed by atoms with Crippen LogP contribution in [0.3, 0.4) is 0 Å². The van der Waals surface area contributed by atoms with Crippen LogP contribution in [0.2, 0.25) is 0 Å². The summed E-state index contributed by atoms with van der Waals surface area (Å²) >= 11 is 0. The minimum absolute atomic E-state index is 1.16. The molecule has 2 aromatic rings. The summed E-state index contributed by atoms with van der Waals surface area (Å²) < 4.78 is 0. The van der Waals surface area contributed by atoms with E-state index in [0.29, 0.717) is 0 Å². The van der Waals surface area contributed by atoms with E-state index in [9.17, 15) is 0 Å². The molecule has 0 bridgehead atoms. The van der Waals surface area contributed by atoms with Crippen LogP contribution in [0.4, 0.5) is 0 Å². The predicted octanol–water partition coefficient (Wildman–Crippen LogP) is 4.92. The van der Waals surface area contributed by atoms with Gasteiger partial charge in [-0.2, -0.15) is 0 Å². The van der Waals surface area contributed by atoms with Crippen LogP contribution in [0.25, 0.3) is 11.1 Å². The lowest BCUT2D eigenvalue weighted by Crippen LogP contribution is -1.92. The fourth-order valence-electron chi connectivity index (χ4n) is 2.34. The summed E-state index contributed by atoms with van der Waals surface area (Å²) in [6.07, 6.45) is 2.35. The van der Waals surface area contributed by atoms with Gasteiger partial charge in [0.25, 0.3) is 0 Å². The standard InChI is InChI=1S/C17H20/c1-4-7-15-12-13(2)10-11-17(15)16-9-6-5-8-14(16)3/h5-6,8-12H,4,7H2,1-3H3. The van der Waals surface area contributed by atoms with Gasteiger partial charge in [-0.05, 0) is 42.5 Å². The van der Waals surface area contributed by atoms with Gasteiger partial charge in [-0.25, -0.2) is 0 Å². The quantitative estimate of drug-likeness (QED) is 0.694. The third-order valence-electron chi connectivity index (χ3n) is 3.22. The molecule has 0 atom stereocenters. The summed E-state index contributed by atoms with van der Waals surface area (Å²) in [7, 11) is 0. The fraction of sp³-hybridized carbons (Fsp3) is 0.294. The highest BCUT2D eigenvalue weighted by molar-refractivity contribution is 5.70. The Balaban J connectivity index is 2.55. The van der Waals surface area contributed by atoms with Gasteiger partial charge in [-0.15, -0.1) is 0 Å². The first-order chi connectivity index (χ1) is 8.22. The van der Waals surface area contributed by atoms with E-state index in [0.717, 1.165) is 6.42 Å². The second kappa shape index (κ2) is 5.18. The Labute approximate surface area is 104 Å². The zero-order valence-corrected chi connectivity index (χ0v) is 11.0. The summed E-state index contributed by atoms with van der Waals surface area (Å²) in [6.45, 7) is 6.59. The van der Waals surface area contributed by atoms with E-state index in [1.807, 2.05) is 0 Å². The van der Waals surface area contributed by atoms with Crippen LogP contribution in [0.5, 0.6) is 0 Å². The maximum Gasteiger partial charge on any atom is -0.0149 e. The van der Waals surface area contributed by atoms with E-state index in [1.165, 1.54) is 34.2 Å². The largest absolute Gasteiger partial charge is 0.0651 e. The van der Waals surface area contributed by atoms with E-state index in [-0.39, 0.29) is 0 Å². The van der Waals surface area contributed by atoms with Crippen LogP contribution in [-0.4, -0.2) is 0 Å². The molecule has 88 valence electrons. The van der Waals surface area contributed by atoms with Gasteiger partial charge in [0, 0.05) is 0 Å². The van der Waals surface area contributed by atoms with Gasteiger partial charge >= 0.3 is 0 Å². The van der Waals surface area contributed by atoms with Crippen molar-refractivity contribution in [2.24, 2.45) is 0 Å². The van der Waals surface area contributed by atoms with Crippen LogP contribution < -0.4 is 0 Å². The molecule has 0 fully saturated rings. The summed E-state index contributed by atoms with van der Waals surface area (Å²) in [5, 5.41) is 0. The number of aryl methyl sites for hydroxylation is 3. The number of rotatable bonds is 3. The highest BCUT2D eigenvalue weighted by Crippen LogP contribution is 2.28. The van der Waals surface area contributed by atoms with Gasteiger partial charge in [-0.1, -0.05) is 61.4 Å². The average Bonchev–Trinajstić information content (AvgIpc) is 2.31. The minimum Gasteiger partial charge on any atom is -0.0651 e. The smallest absolute Gasteiger partial charge is 0.0149 e. The van der Waals surface area contributed by atoms with Gasteiger partial charge in [-0.3, -0.25) is 0 Å². The highest BCUT2D eigenvalue weighted by atomic mass is 14.1. The molecule has 0 spiro atoms. The van der Waals surface area contributed by atoms with E-state index in [1.54, 1.807) is 0 Å². The van der Waals surface area contributed by atoms with Crippen molar-refractivity contribution in [2.75, 3.05) is 0 Å². The fourth-order valence-corrected chi connectivity index (χ4v) is 2.34. The van der Waals surface area contributed by atoms with Crippen molar-refractivity contribution in [3.8, 4) is 11.1 Å². The molecule has 2 rings (SSSR count). The van der Waals surface area contributed by atoms with E-state index in [4.69, 9.17) is 0 Å². The van der Waals surface area contributed by atoms with E-state index >= 15 is 0 Å². The second-order valence-electron chi connectivity index (χ2n) is 4.73. The zero-order chi connectivity index (χ0) is 12.3. The van der Waals surface area contributed by atoms with Gasteiger partial charge in [0.2, 0.25) is 0 Å². The van der Waals surface area contributed by atoms with Gasteiger partial charge in [0.1, 0.15) is 0 Å². The van der Waals surface area contributed by atoms with E-state index < -0.39 is 0 Å². The normalized spacial score (nSPS) is 10.5. The predicted molar refractivity (Wildman–Crippen MR) is 75.3 cm³/mol. The molecule has 0 heteroatoms. The molecule has 0 aliphatic heterocycles. The summed E-state index contributed by atoms with van der Waals surface area (Å²) in [5.74, 6) is 0. The highest BCUT2D eigenvalue weighted by Gasteiger charge is 2.06. The Hall–Kier alpha value is -1.56. The van der Waals surface area contributed by atoms with Crippen molar-refractivity contribution in [3.63, 3.8) is 0 Å². The Morgan fingerprint density at radius 2 is 1.65 bits per heavy atom. The molecule has 0 unspecified atom stereocenters. The number of hydrogen-bond acceptors (Lipinski definition) is 0. The first kappa shape index (κ1) is 11.9. The molecule has 0 aliphatic rings. The average molecular weight is 224 g/mol. The van der Waals surface area contributed by atoms with Crippen molar-refractivity contribution in [2.45, 2.75) is 33.6 Å². The maximum absolute atomic E-state index is 2.32. The molecular formula is C17H20. The van der Waals surface area contributed by atoms with Crippen molar-refractivity contribution in [1.29, 1.82) is 0 Å².